The molecule has 3 rings (SSSR count). The standard InChI is InChI=1S/C14H10BrF2N3/c1-7-5-8(15)6-20-13(18)12(19-14(7)20)9-3-2-4-10(16)11(9)17/h2-6H,18H2,1H3. The Labute approximate surface area is 122 Å². The smallest absolute Gasteiger partial charge is 0.168 e. The number of rotatable bonds is 1. The van der Waals surface area contributed by atoms with E-state index in [-0.39, 0.29) is 17.1 Å². The first kappa shape index (κ1) is 13.1. The monoisotopic (exact) mass is 337 g/mol. The average molecular weight is 338 g/mol. The van der Waals surface area contributed by atoms with Gasteiger partial charge in [0.05, 0.1) is 0 Å². The van der Waals surface area contributed by atoms with Crippen LogP contribution < -0.4 is 5.73 Å². The second-order valence-electron chi connectivity index (χ2n) is 4.48. The highest BCUT2D eigenvalue weighted by Gasteiger charge is 2.18. The van der Waals surface area contributed by atoms with Crippen molar-refractivity contribution in [3.63, 3.8) is 0 Å². The molecular weight excluding hydrogens is 328 g/mol. The van der Waals surface area contributed by atoms with Gasteiger partial charge in [0.2, 0.25) is 0 Å². The molecule has 2 aromatic heterocycles. The van der Waals surface area contributed by atoms with Gasteiger partial charge in [0.25, 0.3) is 0 Å². The zero-order chi connectivity index (χ0) is 14.4. The third-order valence-electron chi connectivity index (χ3n) is 3.11. The molecule has 0 radical (unpaired) electrons. The zero-order valence-electron chi connectivity index (χ0n) is 10.5. The molecule has 6 heteroatoms. The van der Waals surface area contributed by atoms with E-state index in [1.165, 1.54) is 12.1 Å². The first-order valence-corrected chi connectivity index (χ1v) is 6.66. The van der Waals surface area contributed by atoms with Crippen LogP contribution in [0, 0.1) is 18.6 Å². The number of aromatic nitrogens is 2. The van der Waals surface area contributed by atoms with Crippen LogP contribution in [0.15, 0.2) is 34.9 Å². The van der Waals surface area contributed by atoms with Crippen molar-refractivity contribution in [2.75, 3.05) is 5.73 Å². The summed E-state index contributed by atoms with van der Waals surface area (Å²) in [5.41, 5.74) is 7.81. The van der Waals surface area contributed by atoms with Gasteiger partial charge < -0.3 is 5.73 Å². The molecule has 0 aliphatic carbocycles. The lowest BCUT2D eigenvalue weighted by Crippen LogP contribution is -1.96. The molecule has 2 N–H and O–H groups in total. The molecule has 0 saturated carbocycles. The van der Waals surface area contributed by atoms with Gasteiger partial charge in [0, 0.05) is 16.2 Å². The second-order valence-corrected chi connectivity index (χ2v) is 5.40. The highest BCUT2D eigenvalue weighted by molar-refractivity contribution is 9.10. The molecule has 0 aliphatic heterocycles. The van der Waals surface area contributed by atoms with Crippen LogP contribution >= 0.6 is 15.9 Å². The van der Waals surface area contributed by atoms with Crippen molar-refractivity contribution in [1.29, 1.82) is 0 Å². The van der Waals surface area contributed by atoms with Crippen molar-refractivity contribution < 1.29 is 8.78 Å². The lowest BCUT2D eigenvalue weighted by atomic mass is 10.1. The van der Waals surface area contributed by atoms with Gasteiger partial charge in [-0.1, -0.05) is 6.07 Å². The third-order valence-corrected chi connectivity index (χ3v) is 3.55. The van der Waals surface area contributed by atoms with Gasteiger partial charge >= 0.3 is 0 Å². The van der Waals surface area contributed by atoms with Crippen LogP contribution in [0.2, 0.25) is 0 Å². The molecule has 0 bridgehead atoms. The fraction of sp³-hybridized carbons (Fsp3) is 0.0714. The van der Waals surface area contributed by atoms with Crippen molar-refractivity contribution >= 4 is 27.4 Å². The highest BCUT2D eigenvalue weighted by atomic mass is 79.9. The summed E-state index contributed by atoms with van der Waals surface area (Å²) in [4.78, 5) is 4.34. The van der Waals surface area contributed by atoms with E-state index >= 15 is 0 Å². The maximum atomic E-state index is 13.9. The summed E-state index contributed by atoms with van der Waals surface area (Å²) in [6.45, 7) is 1.87. The molecule has 0 atom stereocenters. The number of aryl methyl sites for hydroxylation is 1. The lowest BCUT2D eigenvalue weighted by molar-refractivity contribution is 0.511. The summed E-state index contributed by atoms with van der Waals surface area (Å²) in [6, 6.07) is 5.83. The number of fused-ring (bicyclic) bond motifs is 1. The molecule has 1 aromatic carbocycles. The van der Waals surface area contributed by atoms with Crippen molar-refractivity contribution in [2.24, 2.45) is 0 Å². The van der Waals surface area contributed by atoms with E-state index in [9.17, 15) is 8.78 Å². The number of hydrogen-bond donors (Lipinski definition) is 1. The van der Waals surface area contributed by atoms with E-state index in [2.05, 4.69) is 20.9 Å². The van der Waals surface area contributed by atoms with Crippen LogP contribution in [-0.4, -0.2) is 9.38 Å². The Morgan fingerprint density at radius 1 is 1.30 bits per heavy atom. The summed E-state index contributed by atoms with van der Waals surface area (Å²) < 4.78 is 29.7. The number of nitrogens with zero attached hydrogens (tertiary/aromatic N) is 2. The third kappa shape index (κ3) is 1.87. The van der Waals surface area contributed by atoms with Crippen LogP contribution in [0.3, 0.4) is 0 Å². The Hall–Kier alpha value is -1.95. The minimum atomic E-state index is -0.945. The Morgan fingerprint density at radius 2 is 2.05 bits per heavy atom. The second kappa shape index (κ2) is 4.56. The maximum Gasteiger partial charge on any atom is 0.168 e. The predicted octanol–water partition coefficient (Wildman–Crippen LogP) is 3.93. The van der Waals surface area contributed by atoms with Gasteiger partial charge in [-0.3, -0.25) is 4.40 Å². The van der Waals surface area contributed by atoms with Gasteiger partial charge in [-0.15, -0.1) is 0 Å². The molecule has 20 heavy (non-hydrogen) atoms. The minimum absolute atomic E-state index is 0.0572. The number of benzene rings is 1. The largest absolute Gasteiger partial charge is 0.383 e. The van der Waals surface area contributed by atoms with E-state index in [1.54, 1.807) is 10.6 Å². The lowest BCUT2D eigenvalue weighted by Gasteiger charge is -2.02. The molecular formula is C14H10BrF2N3. The molecule has 0 unspecified atom stereocenters. The molecule has 0 spiro atoms. The molecule has 0 saturated heterocycles. The van der Waals surface area contributed by atoms with Crippen molar-refractivity contribution in [2.45, 2.75) is 6.92 Å². The van der Waals surface area contributed by atoms with E-state index in [4.69, 9.17) is 5.73 Å². The number of imidazole rings is 1. The Kier molecular flexibility index (Phi) is 2.97. The molecule has 3 nitrogen and oxygen atoms in total. The van der Waals surface area contributed by atoms with Crippen LogP contribution in [0.1, 0.15) is 5.56 Å². The SMILES string of the molecule is Cc1cc(Br)cn2c(N)c(-c3cccc(F)c3F)nc12. The Morgan fingerprint density at radius 3 is 2.80 bits per heavy atom. The normalized spacial score (nSPS) is 11.2. The number of nitrogens with two attached hydrogens (primary N) is 1. The van der Waals surface area contributed by atoms with E-state index in [1.807, 2.05) is 13.0 Å². The molecule has 3 aromatic rings. The first-order chi connectivity index (χ1) is 9.49. The van der Waals surface area contributed by atoms with Crippen LogP contribution in [0.25, 0.3) is 16.9 Å². The topological polar surface area (TPSA) is 43.3 Å². The van der Waals surface area contributed by atoms with Gasteiger partial charge in [-0.05, 0) is 46.6 Å². The molecule has 2 heterocycles. The fourth-order valence-electron chi connectivity index (χ4n) is 2.17. The Balaban J connectivity index is 2.35. The van der Waals surface area contributed by atoms with Crippen molar-refractivity contribution in [3.8, 4) is 11.3 Å². The van der Waals surface area contributed by atoms with Gasteiger partial charge in [-0.25, -0.2) is 13.8 Å². The molecule has 102 valence electrons. The predicted molar refractivity (Wildman–Crippen MR) is 77.4 cm³/mol. The van der Waals surface area contributed by atoms with Crippen molar-refractivity contribution in [3.05, 3.63) is 52.1 Å². The maximum absolute atomic E-state index is 13.9. The molecule has 0 amide bonds. The van der Waals surface area contributed by atoms with Crippen LogP contribution in [0.4, 0.5) is 14.6 Å². The summed E-state index contributed by atoms with van der Waals surface area (Å²) >= 11 is 3.37. The molecule has 0 aliphatic rings. The first-order valence-electron chi connectivity index (χ1n) is 5.87. The number of nitrogen functional groups attached to an aromatic ring is 1. The fourth-order valence-corrected chi connectivity index (χ4v) is 2.72. The van der Waals surface area contributed by atoms with Crippen molar-refractivity contribution in [1.82, 2.24) is 9.38 Å². The summed E-state index contributed by atoms with van der Waals surface area (Å²) in [5, 5.41) is 0. The van der Waals surface area contributed by atoms with E-state index < -0.39 is 11.6 Å². The van der Waals surface area contributed by atoms with E-state index in [0.717, 1.165) is 16.1 Å². The van der Waals surface area contributed by atoms with Gasteiger partial charge in [0.1, 0.15) is 17.2 Å². The summed E-state index contributed by atoms with van der Waals surface area (Å²) in [5.74, 6) is -1.59. The van der Waals surface area contributed by atoms with Crippen LogP contribution in [-0.2, 0) is 0 Å². The Bertz CT molecular complexity index is 827. The average Bonchev–Trinajstić information content (AvgIpc) is 2.71. The zero-order valence-corrected chi connectivity index (χ0v) is 12.1. The number of halogens is 3. The highest BCUT2D eigenvalue weighted by Crippen LogP contribution is 2.31. The number of anilines is 1. The summed E-state index contributed by atoms with van der Waals surface area (Å²) in [7, 11) is 0. The summed E-state index contributed by atoms with van der Waals surface area (Å²) in [6.07, 6.45) is 1.74. The van der Waals surface area contributed by atoms with Gasteiger partial charge in [-0.2, -0.15) is 0 Å². The number of pyridine rings is 1. The van der Waals surface area contributed by atoms with E-state index in [0.29, 0.717) is 5.65 Å². The molecule has 0 fully saturated rings. The number of hydrogen-bond acceptors (Lipinski definition) is 2. The minimum Gasteiger partial charge on any atom is -0.383 e. The van der Waals surface area contributed by atoms with Gasteiger partial charge in [0.15, 0.2) is 11.6 Å². The quantitative estimate of drug-likeness (QED) is 0.731. The van der Waals surface area contributed by atoms with Crippen LogP contribution in [0.5, 0.6) is 0 Å².